The zero-order valence-electron chi connectivity index (χ0n) is 41.9. The summed E-state index contributed by atoms with van der Waals surface area (Å²) in [5, 5.41) is 17.6. The molecular formula is C56H75BN4O8. The van der Waals surface area contributed by atoms with Crippen molar-refractivity contribution in [2.75, 3.05) is 6.54 Å². The van der Waals surface area contributed by atoms with Crippen LogP contribution in [0.25, 0.3) is 22.0 Å². The minimum Gasteiger partial charge on any atom is -0.405 e. The lowest BCUT2D eigenvalue weighted by Crippen LogP contribution is -2.65. The Morgan fingerprint density at radius 3 is 2.20 bits per heavy atom. The molecule has 370 valence electrons. The summed E-state index contributed by atoms with van der Waals surface area (Å²) in [7, 11) is -0.529. The first-order valence-corrected chi connectivity index (χ1v) is 25.6. The van der Waals surface area contributed by atoms with E-state index in [1.54, 1.807) is 19.1 Å². The number of ketones is 3. The molecule has 3 aromatic carbocycles. The van der Waals surface area contributed by atoms with E-state index in [4.69, 9.17) is 15.0 Å². The van der Waals surface area contributed by atoms with Crippen LogP contribution in [0.3, 0.4) is 0 Å². The van der Waals surface area contributed by atoms with Gasteiger partial charge in [0.05, 0.1) is 23.9 Å². The van der Waals surface area contributed by atoms with Crippen molar-refractivity contribution in [3.63, 3.8) is 0 Å². The maximum absolute atomic E-state index is 14.3. The van der Waals surface area contributed by atoms with Crippen molar-refractivity contribution in [3.8, 4) is 11.1 Å². The summed E-state index contributed by atoms with van der Waals surface area (Å²) in [6.45, 7) is 14.4. The third-order valence-electron chi connectivity index (χ3n) is 15.9. The molecule has 69 heavy (non-hydrogen) atoms. The molecule has 0 spiro atoms. The van der Waals surface area contributed by atoms with Gasteiger partial charge in [0.2, 0.25) is 11.8 Å². The summed E-state index contributed by atoms with van der Waals surface area (Å²) in [6.07, 6.45) is 7.48. The average Bonchev–Trinajstić information content (AvgIpc) is 3.92. The Morgan fingerprint density at radius 2 is 1.54 bits per heavy atom. The van der Waals surface area contributed by atoms with Gasteiger partial charge in [-0.2, -0.15) is 0 Å². The van der Waals surface area contributed by atoms with E-state index in [0.717, 1.165) is 59.7 Å². The molecular weight excluding hydrogens is 867 g/mol. The number of aromatic amines is 1. The number of aliphatic hydroxyl groups excluding tert-OH is 1. The summed E-state index contributed by atoms with van der Waals surface area (Å²) in [4.78, 5) is 73.3. The summed E-state index contributed by atoms with van der Waals surface area (Å²) < 4.78 is 13.1. The number of aromatic nitrogens is 1. The van der Waals surface area contributed by atoms with Gasteiger partial charge < -0.3 is 35.8 Å². The number of H-pyrrole nitrogens is 1. The molecule has 1 unspecified atom stereocenters. The zero-order chi connectivity index (χ0) is 49.6. The Labute approximate surface area is 409 Å². The van der Waals surface area contributed by atoms with Gasteiger partial charge in [-0.3, -0.25) is 24.0 Å². The quantitative estimate of drug-likeness (QED) is 0.0246. The minimum absolute atomic E-state index is 0.00842. The van der Waals surface area contributed by atoms with E-state index in [0.29, 0.717) is 43.2 Å². The summed E-state index contributed by atoms with van der Waals surface area (Å²) in [6, 6.07) is 21.4. The molecule has 6 N–H and O–H groups in total. The predicted octanol–water partition coefficient (Wildman–Crippen LogP) is 8.76. The Bertz CT molecular complexity index is 2430. The van der Waals surface area contributed by atoms with E-state index >= 15 is 0 Å². The van der Waals surface area contributed by atoms with Gasteiger partial charge >= 0.3 is 7.12 Å². The lowest BCUT2D eigenvalue weighted by atomic mass is 9.43. The second-order valence-corrected chi connectivity index (χ2v) is 21.4. The van der Waals surface area contributed by atoms with Crippen LogP contribution < -0.4 is 16.4 Å². The zero-order valence-corrected chi connectivity index (χ0v) is 41.9. The highest BCUT2D eigenvalue weighted by atomic mass is 16.7. The van der Waals surface area contributed by atoms with Crippen LogP contribution in [0, 0.1) is 29.1 Å². The van der Waals surface area contributed by atoms with Gasteiger partial charge in [-0.05, 0) is 123 Å². The first kappa shape index (κ1) is 51.9. The van der Waals surface area contributed by atoms with Gasteiger partial charge in [-0.25, -0.2) is 0 Å². The first-order valence-electron chi connectivity index (χ1n) is 25.6. The Kier molecular flexibility index (Phi) is 16.9. The number of amides is 2. The van der Waals surface area contributed by atoms with Crippen LogP contribution in [-0.2, 0) is 41.3 Å². The van der Waals surface area contributed by atoms with Crippen LogP contribution in [0.5, 0.6) is 0 Å². The van der Waals surface area contributed by atoms with Gasteiger partial charge in [0.25, 0.3) is 0 Å². The van der Waals surface area contributed by atoms with Crippen molar-refractivity contribution < 1.29 is 38.4 Å². The molecule has 2 heterocycles. The molecule has 2 amide bonds. The first-order chi connectivity index (χ1) is 32.9. The normalized spacial score (nSPS) is 22.9. The second-order valence-electron chi connectivity index (χ2n) is 21.4. The number of benzene rings is 3. The van der Waals surface area contributed by atoms with E-state index < -0.39 is 60.3 Å². The van der Waals surface area contributed by atoms with E-state index in [1.807, 2.05) is 49.5 Å². The van der Waals surface area contributed by atoms with Crippen LogP contribution >= 0.6 is 0 Å². The lowest BCUT2D eigenvalue weighted by Gasteiger charge is -2.64. The highest BCUT2D eigenvalue weighted by molar-refractivity contribution is 6.47. The van der Waals surface area contributed by atoms with Crippen LogP contribution in [-0.4, -0.2) is 82.8 Å². The molecule has 3 saturated carbocycles. The monoisotopic (exact) mass is 943 g/mol. The molecule has 4 aromatic rings. The van der Waals surface area contributed by atoms with Crippen molar-refractivity contribution in [2.24, 2.45) is 34.8 Å². The van der Waals surface area contributed by atoms with Gasteiger partial charge in [-0.15, -0.1) is 0 Å². The van der Waals surface area contributed by atoms with E-state index in [-0.39, 0.29) is 54.6 Å². The van der Waals surface area contributed by atoms with Gasteiger partial charge in [0.1, 0.15) is 6.04 Å². The molecule has 8 rings (SSSR count). The maximum atomic E-state index is 14.3. The third-order valence-corrected chi connectivity index (χ3v) is 15.9. The molecule has 1 saturated heterocycles. The molecule has 0 radical (unpaired) electrons. The van der Waals surface area contributed by atoms with Gasteiger partial charge in [0, 0.05) is 53.8 Å². The van der Waals surface area contributed by atoms with E-state index in [2.05, 4.69) is 67.6 Å². The van der Waals surface area contributed by atoms with Crippen molar-refractivity contribution in [2.45, 2.75) is 161 Å². The summed E-state index contributed by atoms with van der Waals surface area (Å²) >= 11 is 0. The topological polar surface area (TPSA) is 190 Å². The molecule has 13 heteroatoms. The number of carbonyl (C=O) groups excluding carboxylic acids is 5. The SMILES string of the molecule is CCCCc1ccc(-c2ccc(C(=O)C[C@@H](Cc3c[nH]c4ccccc34)C(=O)N[C@H](C(=O)C[C@@H](C)C(=O)N[C@@H](CCCCN)C(=O)C[C@@H](C)B3OC4C[C@@H]5C[C@@H](C5(C)C)[C@]4(C)O3)[C@@H](C)O)cc2)cc1. The Morgan fingerprint density at radius 1 is 0.841 bits per heavy atom. The highest BCUT2D eigenvalue weighted by Gasteiger charge is 2.68. The fourth-order valence-electron chi connectivity index (χ4n) is 11.3. The van der Waals surface area contributed by atoms with Crippen LogP contribution in [0.2, 0.25) is 5.82 Å². The average molecular weight is 943 g/mol. The molecule has 1 aliphatic heterocycles. The summed E-state index contributed by atoms with van der Waals surface area (Å²) in [5.41, 5.74) is 11.1. The molecule has 3 aliphatic carbocycles. The number of rotatable bonds is 25. The summed E-state index contributed by atoms with van der Waals surface area (Å²) in [5.74, 6) is -2.99. The van der Waals surface area contributed by atoms with Crippen LogP contribution in [0.4, 0.5) is 0 Å². The molecule has 1 aromatic heterocycles. The number of carbonyl (C=O) groups is 5. The smallest absolute Gasteiger partial charge is 0.405 e. The number of nitrogens with two attached hydrogens (primary N) is 1. The minimum atomic E-state index is -1.35. The van der Waals surface area contributed by atoms with Crippen LogP contribution in [0.1, 0.15) is 134 Å². The number of hydrogen-bond donors (Lipinski definition) is 5. The third kappa shape index (κ3) is 11.8. The van der Waals surface area contributed by atoms with E-state index in [9.17, 15) is 29.1 Å². The number of para-hydroxylation sites is 1. The van der Waals surface area contributed by atoms with Gasteiger partial charge in [0.15, 0.2) is 17.3 Å². The largest absolute Gasteiger partial charge is 0.461 e. The van der Waals surface area contributed by atoms with Gasteiger partial charge in [-0.1, -0.05) is 108 Å². The fraction of sp³-hybridized carbons (Fsp3) is 0.554. The molecule has 10 atom stereocenters. The highest BCUT2D eigenvalue weighted by Crippen LogP contribution is 2.66. The van der Waals surface area contributed by atoms with Crippen molar-refractivity contribution in [1.82, 2.24) is 15.6 Å². The second kappa shape index (κ2) is 22.4. The lowest BCUT2D eigenvalue weighted by molar-refractivity contribution is -0.199. The standard InChI is InChI=1S/C56H75BN4O8/c1-8-9-14-37-18-20-38(21-19-37)39-22-24-40(25-23-39)47(63)30-41(29-42-33-59-45-16-11-10-15-44(42)45)54(67)61-52(36(4)62)49(65)27-34(2)53(66)60-46(17-12-13-26-58)48(64)28-35(3)57-68-51-32-43-31-50(55(43,5)6)56(51,7)69-57/h10-11,15-16,18-25,33-36,41,43,46,50-52,59,62H,8-9,12-14,17,26-32,58H2,1-7H3,(H,60,66)(H,61,67)/t34-,35-,36-,41-,43+,46+,50+,51?,52+,56+/m1/s1. The molecule has 4 aliphatic rings. The molecule has 4 fully saturated rings. The van der Waals surface area contributed by atoms with Crippen molar-refractivity contribution in [1.29, 1.82) is 0 Å². The van der Waals surface area contributed by atoms with Crippen molar-refractivity contribution >= 4 is 47.2 Å². The molecule has 12 nitrogen and oxygen atoms in total. The Hall–Kier alpha value is -4.95. The number of aryl methyl sites for hydroxylation is 1. The number of nitrogens with one attached hydrogen (secondary N) is 3. The number of hydrogen-bond acceptors (Lipinski definition) is 9. The maximum Gasteiger partial charge on any atom is 0.461 e. The number of aliphatic hydroxyl groups is 1. The number of unbranched alkanes of at least 4 members (excludes halogenated alkanes) is 2. The number of Topliss-reactive ketones (excluding diaryl/α,β-unsaturated/α-hetero) is 3. The fourth-order valence-corrected chi connectivity index (χ4v) is 11.3. The van der Waals surface area contributed by atoms with Crippen molar-refractivity contribution in [3.05, 3.63) is 95.7 Å². The number of fused-ring (bicyclic) bond motifs is 1. The molecule has 2 bridgehead atoms. The van der Waals surface area contributed by atoms with E-state index in [1.165, 1.54) is 12.5 Å². The Balaban J connectivity index is 0.988. The predicted molar refractivity (Wildman–Crippen MR) is 271 cm³/mol. The van der Waals surface area contributed by atoms with Crippen LogP contribution in [0.15, 0.2) is 79.0 Å².